The van der Waals surface area contributed by atoms with Gasteiger partial charge in [0.05, 0.1) is 16.8 Å². The van der Waals surface area contributed by atoms with Crippen molar-refractivity contribution in [1.82, 2.24) is 9.97 Å². The fourth-order valence-corrected chi connectivity index (χ4v) is 3.29. The average molecular weight is 418 g/mol. The van der Waals surface area contributed by atoms with Gasteiger partial charge < -0.3 is 14.1 Å². The van der Waals surface area contributed by atoms with Crippen molar-refractivity contribution in [2.75, 3.05) is 0 Å². The molecule has 0 amide bonds. The van der Waals surface area contributed by atoms with Gasteiger partial charge in [-0.1, -0.05) is 36.9 Å². The molecule has 1 N–H and O–H groups in total. The van der Waals surface area contributed by atoms with Crippen LogP contribution in [0.1, 0.15) is 51.6 Å². The van der Waals surface area contributed by atoms with Crippen LogP contribution >= 0.6 is 0 Å². The van der Waals surface area contributed by atoms with Crippen molar-refractivity contribution in [2.45, 2.75) is 52.7 Å². The molecular formula is C25H28BFN2O2. The lowest BCUT2D eigenvalue weighted by Gasteiger charge is -2.23. The molecule has 2 heterocycles. The van der Waals surface area contributed by atoms with E-state index in [4.69, 9.17) is 22.0 Å². The number of imidazole rings is 1. The summed E-state index contributed by atoms with van der Waals surface area (Å²) in [6.07, 6.45) is 1.91. The fourth-order valence-electron chi connectivity index (χ4n) is 3.29. The van der Waals surface area contributed by atoms with E-state index in [1.165, 1.54) is 6.92 Å². The summed E-state index contributed by atoms with van der Waals surface area (Å²) in [6, 6.07) is 10.7. The van der Waals surface area contributed by atoms with Crippen molar-refractivity contribution in [2.24, 2.45) is 0 Å². The molecule has 3 rings (SSSR count). The monoisotopic (exact) mass is 418 g/mol. The maximum atomic E-state index is 13.9. The number of hydrogen-bond donors (Lipinski definition) is 1. The van der Waals surface area contributed by atoms with E-state index in [0.717, 1.165) is 22.5 Å². The zero-order chi connectivity index (χ0) is 23.0. The van der Waals surface area contributed by atoms with Gasteiger partial charge in [0.2, 0.25) is 0 Å². The first-order chi connectivity index (χ1) is 14.4. The normalized spacial score (nSPS) is 14.4. The van der Waals surface area contributed by atoms with Gasteiger partial charge in [-0.15, -0.1) is 0 Å². The highest BCUT2D eigenvalue weighted by Crippen LogP contribution is 2.32. The first-order valence-electron chi connectivity index (χ1n) is 10.2. The number of nitrogens with one attached hydrogen (secondary N) is 1. The predicted octanol–water partition coefficient (Wildman–Crippen LogP) is 6.69. The summed E-state index contributed by atoms with van der Waals surface area (Å²) in [5.41, 5.74) is 1.48. The number of aromatic amines is 1. The van der Waals surface area contributed by atoms with Crippen LogP contribution in [-0.4, -0.2) is 23.4 Å². The standard InChI is InChI=1S/C25H28BFN2O2/c1-8-19(16(3)31-24(4,5)6)20-13-14-21(30-20)23-28-15(2)22(29-23)17-9-11-18(12-10-17)25(7,26)27/h8-14H,3H2,1-2,4-7H3,(H,28,29)/b19-8+. The van der Waals surface area contributed by atoms with Gasteiger partial charge in [-0.2, -0.15) is 0 Å². The number of rotatable bonds is 6. The lowest BCUT2D eigenvalue weighted by molar-refractivity contribution is 0.0627. The zero-order valence-corrected chi connectivity index (χ0v) is 19.0. The van der Waals surface area contributed by atoms with Crippen molar-refractivity contribution in [1.29, 1.82) is 0 Å². The van der Waals surface area contributed by atoms with Crippen LogP contribution in [-0.2, 0) is 10.3 Å². The van der Waals surface area contributed by atoms with Crippen LogP contribution in [0.15, 0.2) is 59.2 Å². The second kappa shape index (κ2) is 8.25. The molecule has 6 heteroatoms. The summed E-state index contributed by atoms with van der Waals surface area (Å²) in [7, 11) is 5.53. The second-order valence-electron chi connectivity index (χ2n) is 8.72. The Kier molecular flexibility index (Phi) is 6.03. The molecule has 0 saturated heterocycles. The summed E-state index contributed by atoms with van der Waals surface area (Å²) >= 11 is 0. The van der Waals surface area contributed by atoms with E-state index in [2.05, 4.69) is 11.6 Å². The maximum Gasteiger partial charge on any atom is 0.174 e. The molecule has 0 fully saturated rings. The molecule has 160 valence electrons. The van der Waals surface area contributed by atoms with Crippen molar-refractivity contribution in [3.05, 3.63) is 71.8 Å². The number of benzene rings is 1. The van der Waals surface area contributed by atoms with Crippen LogP contribution in [0, 0.1) is 6.92 Å². The largest absolute Gasteiger partial charge is 0.488 e. The molecule has 0 aliphatic heterocycles. The third kappa shape index (κ3) is 5.19. The van der Waals surface area contributed by atoms with Gasteiger partial charge in [0, 0.05) is 11.3 Å². The molecule has 1 unspecified atom stereocenters. The molecule has 0 saturated carbocycles. The number of hydrogen-bond acceptors (Lipinski definition) is 3. The first kappa shape index (κ1) is 22.7. The van der Waals surface area contributed by atoms with Crippen molar-refractivity contribution in [3.8, 4) is 22.8 Å². The smallest absolute Gasteiger partial charge is 0.174 e. The van der Waals surface area contributed by atoms with E-state index >= 15 is 0 Å². The molecule has 2 aromatic heterocycles. The van der Waals surface area contributed by atoms with E-state index in [1.54, 1.807) is 12.1 Å². The van der Waals surface area contributed by atoms with Crippen LogP contribution < -0.4 is 0 Å². The third-order valence-corrected chi connectivity index (χ3v) is 4.73. The average Bonchev–Trinajstić information content (AvgIpc) is 3.27. The molecule has 0 aliphatic carbocycles. The highest BCUT2D eigenvalue weighted by molar-refractivity contribution is 6.14. The highest BCUT2D eigenvalue weighted by Gasteiger charge is 2.21. The SMILES string of the molecule is [B]C(C)(F)c1ccc(-c2nc(-c3ccc(/C(=C/C)C(=C)OC(C)(C)C)o3)[nH]c2C)cc1. The van der Waals surface area contributed by atoms with E-state index in [-0.39, 0.29) is 5.60 Å². The second-order valence-corrected chi connectivity index (χ2v) is 8.72. The molecular weight excluding hydrogens is 390 g/mol. The number of ether oxygens (including phenoxy) is 1. The summed E-state index contributed by atoms with van der Waals surface area (Å²) < 4.78 is 25.9. The minimum absolute atomic E-state index is 0.354. The summed E-state index contributed by atoms with van der Waals surface area (Å²) in [4.78, 5) is 7.96. The molecule has 3 aromatic rings. The Morgan fingerprint density at radius 1 is 1.16 bits per heavy atom. The Morgan fingerprint density at radius 3 is 2.35 bits per heavy atom. The fraction of sp³-hybridized carbons (Fsp3) is 0.320. The number of halogens is 1. The number of aromatic nitrogens is 2. The molecule has 2 radical (unpaired) electrons. The number of H-pyrrole nitrogens is 1. The Morgan fingerprint density at radius 2 is 1.81 bits per heavy atom. The van der Waals surface area contributed by atoms with Gasteiger partial charge in [-0.25, -0.2) is 4.98 Å². The van der Waals surface area contributed by atoms with Crippen molar-refractivity contribution in [3.63, 3.8) is 0 Å². The molecule has 4 nitrogen and oxygen atoms in total. The first-order valence-corrected chi connectivity index (χ1v) is 10.2. The molecule has 1 aromatic carbocycles. The Bertz CT molecular complexity index is 1110. The van der Waals surface area contributed by atoms with Gasteiger partial charge in [0.1, 0.15) is 25.0 Å². The van der Waals surface area contributed by atoms with Gasteiger partial charge in [-0.05, 0) is 59.2 Å². The van der Waals surface area contributed by atoms with Gasteiger partial charge in [0.15, 0.2) is 11.6 Å². The summed E-state index contributed by atoms with van der Waals surface area (Å²) in [6.45, 7) is 15.1. The Hall–Kier alpha value is -3.02. The predicted molar refractivity (Wildman–Crippen MR) is 124 cm³/mol. The maximum absolute atomic E-state index is 13.9. The molecule has 31 heavy (non-hydrogen) atoms. The minimum atomic E-state index is -1.87. The zero-order valence-electron chi connectivity index (χ0n) is 19.0. The summed E-state index contributed by atoms with van der Waals surface area (Å²) in [5.74, 6) is 2.40. The Labute approximate surface area is 184 Å². The minimum Gasteiger partial charge on any atom is -0.488 e. The van der Waals surface area contributed by atoms with E-state index in [1.807, 2.05) is 65.0 Å². The molecule has 0 aliphatic rings. The quantitative estimate of drug-likeness (QED) is 0.276. The van der Waals surface area contributed by atoms with E-state index in [9.17, 15) is 4.39 Å². The van der Waals surface area contributed by atoms with Crippen LogP contribution in [0.25, 0.3) is 28.4 Å². The number of alkyl halides is 1. The van der Waals surface area contributed by atoms with Crippen molar-refractivity contribution < 1.29 is 13.5 Å². The van der Waals surface area contributed by atoms with Gasteiger partial charge in [-0.3, -0.25) is 4.39 Å². The number of furan rings is 1. The topological polar surface area (TPSA) is 51.1 Å². The van der Waals surface area contributed by atoms with Crippen LogP contribution in [0.2, 0.25) is 0 Å². The van der Waals surface area contributed by atoms with Gasteiger partial charge in [0.25, 0.3) is 0 Å². The number of nitrogens with zero attached hydrogens (tertiary/aromatic N) is 1. The summed E-state index contributed by atoms with van der Waals surface area (Å²) in [5, 5.41) is 0. The highest BCUT2D eigenvalue weighted by atomic mass is 19.1. The van der Waals surface area contributed by atoms with Gasteiger partial charge >= 0.3 is 0 Å². The van der Waals surface area contributed by atoms with Crippen LogP contribution in [0.3, 0.4) is 0 Å². The lowest BCUT2D eigenvalue weighted by Crippen LogP contribution is -2.18. The van der Waals surface area contributed by atoms with E-state index < -0.39 is 5.57 Å². The lowest BCUT2D eigenvalue weighted by atomic mass is 9.79. The number of allylic oxidation sites excluding steroid dienone is 2. The van der Waals surface area contributed by atoms with Crippen LogP contribution in [0.4, 0.5) is 4.39 Å². The van der Waals surface area contributed by atoms with E-state index in [0.29, 0.717) is 28.7 Å². The Balaban J connectivity index is 1.88. The van der Waals surface area contributed by atoms with Crippen molar-refractivity contribution >= 4 is 13.4 Å². The third-order valence-electron chi connectivity index (χ3n) is 4.73. The molecule has 1 atom stereocenters. The van der Waals surface area contributed by atoms with Crippen LogP contribution in [0.5, 0.6) is 0 Å². The number of aryl methyl sites for hydroxylation is 1. The molecule has 0 spiro atoms. The molecule has 0 bridgehead atoms.